The summed E-state index contributed by atoms with van der Waals surface area (Å²) in [7, 11) is -3.80. The predicted octanol–water partition coefficient (Wildman–Crippen LogP) is 3.36. The van der Waals surface area contributed by atoms with E-state index in [1.165, 1.54) is 18.2 Å². The first-order chi connectivity index (χ1) is 9.95. The van der Waals surface area contributed by atoms with Crippen LogP contribution in [0.5, 0.6) is 0 Å². The lowest BCUT2D eigenvalue weighted by atomic mass is 10.2. The highest BCUT2D eigenvalue weighted by Gasteiger charge is 2.19. The molecular formula is C14H12BrFN2O2S. The third-order valence-corrected chi connectivity index (χ3v) is 5.13. The highest BCUT2D eigenvalue weighted by Crippen LogP contribution is 2.27. The molecule has 1 aliphatic rings. The van der Waals surface area contributed by atoms with Crippen molar-refractivity contribution in [2.75, 3.05) is 16.6 Å². The average Bonchev–Trinajstić information content (AvgIpc) is 2.89. The van der Waals surface area contributed by atoms with Crippen molar-refractivity contribution in [2.45, 2.75) is 11.3 Å². The molecule has 7 heteroatoms. The SMILES string of the molecule is O=S(=O)(Nc1ccc(Br)cc1F)c1ccc2c(c1)CCN2. The summed E-state index contributed by atoms with van der Waals surface area (Å²) in [5.74, 6) is -0.629. The van der Waals surface area contributed by atoms with E-state index in [4.69, 9.17) is 0 Å². The fourth-order valence-corrected chi connectivity index (χ4v) is 3.67. The van der Waals surface area contributed by atoms with Gasteiger partial charge in [0, 0.05) is 16.7 Å². The van der Waals surface area contributed by atoms with Gasteiger partial charge in [0.25, 0.3) is 10.0 Å². The summed E-state index contributed by atoms with van der Waals surface area (Å²) in [6.45, 7) is 0.799. The van der Waals surface area contributed by atoms with Crippen molar-refractivity contribution in [2.24, 2.45) is 0 Å². The predicted molar refractivity (Wildman–Crippen MR) is 83.5 cm³/mol. The van der Waals surface area contributed by atoms with E-state index in [9.17, 15) is 12.8 Å². The summed E-state index contributed by atoms with van der Waals surface area (Å²) < 4.78 is 41.2. The summed E-state index contributed by atoms with van der Waals surface area (Å²) in [6.07, 6.45) is 0.783. The van der Waals surface area contributed by atoms with Crippen LogP contribution in [-0.2, 0) is 16.4 Å². The summed E-state index contributed by atoms with van der Waals surface area (Å²) in [5, 5.41) is 3.16. The van der Waals surface area contributed by atoms with Gasteiger partial charge in [0.2, 0.25) is 0 Å². The zero-order valence-electron chi connectivity index (χ0n) is 10.9. The number of nitrogens with one attached hydrogen (secondary N) is 2. The second kappa shape index (κ2) is 5.31. The fraction of sp³-hybridized carbons (Fsp3) is 0.143. The quantitative estimate of drug-likeness (QED) is 0.870. The van der Waals surface area contributed by atoms with E-state index in [0.717, 1.165) is 24.2 Å². The highest BCUT2D eigenvalue weighted by atomic mass is 79.9. The number of sulfonamides is 1. The zero-order valence-corrected chi connectivity index (χ0v) is 13.3. The van der Waals surface area contributed by atoms with Gasteiger partial charge in [0.05, 0.1) is 10.6 Å². The van der Waals surface area contributed by atoms with Crippen LogP contribution in [0.2, 0.25) is 0 Å². The number of anilines is 2. The molecule has 0 fully saturated rings. The van der Waals surface area contributed by atoms with Gasteiger partial charge in [0.1, 0.15) is 5.82 Å². The van der Waals surface area contributed by atoms with E-state index in [0.29, 0.717) is 4.47 Å². The maximum Gasteiger partial charge on any atom is 0.261 e. The smallest absolute Gasteiger partial charge is 0.261 e. The maximum absolute atomic E-state index is 13.7. The Kier molecular flexibility index (Phi) is 3.62. The molecule has 1 heterocycles. The molecule has 1 aliphatic heterocycles. The molecule has 2 aromatic rings. The third kappa shape index (κ3) is 2.89. The molecule has 4 nitrogen and oxygen atoms in total. The van der Waals surface area contributed by atoms with Gasteiger partial charge in [-0.3, -0.25) is 4.72 Å². The Morgan fingerprint density at radius 1 is 1.19 bits per heavy atom. The molecule has 0 atom stereocenters. The number of fused-ring (bicyclic) bond motifs is 1. The summed E-state index contributed by atoms with van der Waals surface area (Å²) in [4.78, 5) is 0.132. The van der Waals surface area contributed by atoms with E-state index in [1.807, 2.05) is 0 Å². The van der Waals surface area contributed by atoms with Crippen LogP contribution in [-0.4, -0.2) is 15.0 Å². The van der Waals surface area contributed by atoms with Crippen molar-refractivity contribution < 1.29 is 12.8 Å². The zero-order chi connectivity index (χ0) is 15.0. The first-order valence-corrected chi connectivity index (χ1v) is 8.58. The largest absolute Gasteiger partial charge is 0.384 e. The number of hydrogen-bond acceptors (Lipinski definition) is 3. The first kappa shape index (κ1) is 14.3. The second-order valence-electron chi connectivity index (χ2n) is 4.73. The summed E-state index contributed by atoms with van der Waals surface area (Å²) in [6, 6.07) is 9.03. The molecule has 0 unspecified atom stereocenters. The van der Waals surface area contributed by atoms with Crippen LogP contribution in [0.4, 0.5) is 15.8 Å². The standard InChI is InChI=1S/C14H12BrFN2O2S/c15-10-1-3-14(12(16)8-10)18-21(19,20)11-2-4-13-9(7-11)5-6-17-13/h1-4,7-8,17-18H,5-6H2. The molecule has 3 rings (SSSR count). The van der Waals surface area contributed by atoms with E-state index < -0.39 is 15.8 Å². The monoisotopic (exact) mass is 370 g/mol. The van der Waals surface area contributed by atoms with Gasteiger partial charge in [-0.15, -0.1) is 0 Å². The molecule has 0 saturated heterocycles. The average molecular weight is 371 g/mol. The molecule has 0 amide bonds. The van der Waals surface area contributed by atoms with E-state index >= 15 is 0 Å². The Morgan fingerprint density at radius 3 is 2.76 bits per heavy atom. The van der Waals surface area contributed by atoms with Gasteiger partial charge >= 0.3 is 0 Å². The topological polar surface area (TPSA) is 58.2 Å². The van der Waals surface area contributed by atoms with Crippen molar-refractivity contribution in [3.8, 4) is 0 Å². The molecule has 2 N–H and O–H groups in total. The van der Waals surface area contributed by atoms with Gasteiger partial charge in [-0.1, -0.05) is 15.9 Å². The number of hydrogen-bond donors (Lipinski definition) is 2. The lowest BCUT2D eigenvalue weighted by Gasteiger charge is -2.10. The van der Waals surface area contributed by atoms with Crippen molar-refractivity contribution in [3.05, 3.63) is 52.3 Å². The van der Waals surface area contributed by atoms with Crippen LogP contribution < -0.4 is 10.0 Å². The van der Waals surface area contributed by atoms with Crippen molar-refractivity contribution in [3.63, 3.8) is 0 Å². The Balaban J connectivity index is 1.93. The lowest BCUT2D eigenvalue weighted by Crippen LogP contribution is -2.14. The van der Waals surface area contributed by atoms with Gasteiger partial charge in [-0.2, -0.15) is 0 Å². The van der Waals surface area contributed by atoms with E-state index in [-0.39, 0.29) is 10.6 Å². The van der Waals surface area contributed by atoms with Gasteiger partial charge in [-0.25, -0.2) is 12.8 Å². The molecule has 0 radical (unpaired) electrons. The Labute approximate surface area is 130 Å². The molecule has 0 aliphatic carbocycles. The summed E-state index contributed by atoms with van der Waals surface area (Å²) >= 11 is 3.13. The van der Waals surface area contributed by atoms with Crippen molar-refractivity contribution >= 4 is 37.3 Å². The molecule has 0 aromatic heterocycles. The molecule has 0 bridgehead atoms. The minimum atomic E-state index is -3.80. The first-order valence-electron chi connectivity index (χ1n) is 6.30. The van der Waals surface area contributed by atoms with Crippen molar-refractivity contribution in [1.82, 2.24) is 0 Å². The van der Waals surface area contributed by atoms with Crippen LogP contribution in [0.25, 0.3) is 0 Å². The highest BCUT2D eigenvalue weighted by molar-refractivity contribution is 9.10. The number of halogens is 2. The Hall–Kier alpha value is -1.60. The van der Waals surface area contributed by atoms with Crippen LogP contribution in [0.3, 0.4) is 0 Å². The molecule has 21 heavy (non-hydrogen) atoms. The fourth-order valence-electron chi connectivity index (χ4n) is 2.22. The summed E-state index contributed by atoms with van der Waals surface area (Å²) in [5.41, 5.74) is 1.83. The van der Waals surface area contributed by atoms with Crippen LogP contribution >= 0.6 is 15.9 Å². The number of benzene rings is 2. The number of rotatable bonds is 3. The van der Waals surface area contributed by atoms with Gasteiger partial charge in [-0.05, 0) is 48.4 Å². The van der Waals surface area contributed by atoms with E-state index in [1.54, 1.807) is 18.2 Å². The Bertz CT molecular complexity index is 809. The second-order valence-corrected chi connectivity index (χ2v) is 7.32. The third-order valence-electron chi connectivity index (χ3n) is 3.27. The molecule has 110 valence electrons. The minimum Gasteiger partial charge on any atom is -0.384 e. The van der Waals surface area contributed by atoms with Crippen molar-refractivity contribution in [1.29, 1.82) is 0 Å². The lowest BCUT2D eigenvalue weighted by molar-refractivity contribution is 0.598. The van der Waals surface area contributed by atoms with Crippen LogP contribution in [0.15, 0.2) is 45.8 Å². The van der Waals surface area contributed by atoms with Gasteiger partial charge < -0.3 is 5.32 Å². The molecule has 2 aromatic carbocycles. The molecule has 0 saturated carbocycles. The van der Waals surface area contributed by atoms with Crippen LogP contribution in [0, 0.1) is 5.82 Å². The van der Waals surface area contributed by atoms with Gasteiger partial charge in [0.15, 0.2) is 0 Å². The molecular weight excluding hydrogens is 359 g/mol. The maximum atomic E-state index is 13.7. The Morgan fingerprint density at radius 2 is 2.00 bits per heavy atom. The normalized spacial score (nSPS) is 13.6. The van der Waals surface area contributed by atoms with E-state index in [2.05, 4.69) is 26.0 Å². The van der Waals surface area contributed by atoms with Crippen LogP contribution in [0.1, 0.15) is 5.56 Å². The molecule has 0 spiro atoms. The minimum absolute atomic E-state index is 0.0724.